The number of fused-ring (bicyclic) bond motifs is 2. The van der Waals surface area contributed by atoms with Gasteiger partial charge in [-0.25, -0.2) is 0 Å². The fourth-order valence-corrected chi connectivity index (χ4v) is 5.26. The van der Waals surface area contributed by atoms with Crippen LogP contribution >= 0.6 is 0 Å². The number of aryl methyl sites for hydroxylation is 2. The number of nitrogens with one attached hydrogen (secondary N) is 2. The van der Waals surface area contributed by atoms with Crippen LogP contribution in [0.3, 0.4) is 0 Å². The Morgan fingerprint density at radius 3 is 2.73 bits per heavy atom. The molecule has 0 saturated carbocycles. The number of nitrogens with zero attached hydrogens (tertiary/aromatic N) is 3. The summed E-state index contributed by atoms with van der Waals surface area (Å²) in [4.78, 5) is 13.5. The standard InChI is InChI=1S/C26H26F3N5O3/c1-15-11-16(3-4-18(15)14-35)20-13-25(30-24(36)22(20)23-31-33-34-32-23)9-7-17-12-19(5-6-21(17)25)37-10-2-8-26(27,28)29/h3-6,11-12,35H,2,7-10,13-14H2,1H3,(H,30,36)(H,31,32,33,34)/t25-/m0/s1. The van der Waals surface area contributed by atoms with Crippen LogP contribution in [-0.4, -0.2) is 44.4 Å². The van der Waals surface area contributed by atoms with Gasteiger partial charge in [-0.2, -0.15) is 18.4 Å². The summed E-state index contributed by atoms with van der Waals surface area (Å²) in [5, 5.41) is 26.9. The molecule has 0 fully saturated rings. The first kappa shape index (κ1) is 24.9. The lowest BCUT2D eigenvalue weighted by Gasteiger charge is -2.37. The number of aromatic nitrogens is 4. The fourth-order valence-electron chi connectivity index (χ4n) is 5.26. The zero-order chi connectivity index (χ0) is 26.2. The largest absolute Gasteiger partial charge is 0.494 e. The van der Waals surface area contributed by atoms with Crippen LogP contribution in [0, 0.1) is 6.92 Å². The Hall–Kier alpha value is -3.73. The molecule has 1 atom stereocenters. The maximum atomic E-state index is 13.5. The minimum Gasteiger partial charge on any atom is -0.494 e. The molecule has 5 rings (SSSR count). The molecule has 1 aliphatic carbocycles. The lowest BCUT2D eigenvalue weighted by molar-refractivity contribution is -0.136. The number of aliphatic hydroxyl groups is 1. The topological polar surface area (TPSA) is 113 Å². The second-order valence-electron chi connectivity index (χ2n) is 9.49. The van der Waals surface area contributed by atoms with Crippen LogP contribution in [-0.2, 0) is 23.4 Å². The third-order valence-electron chi connectivity index (χ3n) is 7.08. The van der Waals surface area contributed by atoms with Crippen molar-refractivity contribution in [1.29, 1.82) is 0 Å². The lowest BCUT2D eigenvalue weighted by atomic mass is 9.77. The van der Waals surface area contributed by atoms with Crippen LogP contribution in [0.5, 0.6) is 5.75 Å². The Morgan fingerprint density at radius 2 is 2.03 bits per heavy atom. The summed E-state index contributed by atoms with van der Waals surface area (Å²) >= 11 is 0. The molecule has 194 valence electrons. The van der Waals surface area contributed by atoms with Crippen LogP contribution in [0.2, 0.25) is 0 Å². The number of aliphatic hydroxyl groups excluding tert-OH is 1. The summed E-state index contributed by atoms with van der Waals surface area (Å²) in [5.41, 5.74) is 4.94. The van der Waals surface area contributed by atoms with Gasteiger partial charge in [-0.1, -0.05) is 24.3 Å². The Balaban J connectivity index is 1.47. The smallest absolute Gasteiger partial charge is 0.389 e. The predicted molar refractivity (Wildman–Crippen MR) is 128 cm³/mol. The number of amides is 1. The number of carbonyl (C=O) groups is 1. The van der Waals surface area contributed by atoms with E-state index in [0.717, 1.165) is 33.4 Å². The van der Waals surface area contributed by atoms with Gasteiger partial charge in [0.1, 0.15) is 5.75 Å². The average molecular weight is 514 g/mol. The number of benzene rings is 2. The van der Waals surface area contributed by atoms with Crippen molar-refractivity contribution in [2.24, 2.45) is 0 Å². The van der Waals surface area contributed by atoms with E-state index < -0.39 is 18.1 Å². The van der Waals surface area contributed by atoms with Gasteiger partial charge in [0.05, 0.1) is 24.3 Å². The van der Waals surface area contributed by atoms with E-state index in [1.54, 1.807) is 6.07 Å². The highest BCUT2D eigenvalue weighted by atomic mass is 19.4. The van der Waals surface area contributed by atoms with E-state index in [2.05, 4.69) is 25.9 Å². The second kappa shape index (κ2) is 9.62. The Labute approximate surface area is 210 Å². The van der Waals surface area contributed by atoms with Gasteiger partial charge in [0.15, 0.2) is 0 Å². The molecule has 0 radical (unpaired) electrons. The highest BCUT2D eigenvalue weighted by molar-refractivity contribution is 6.27. The van der Waals surface area contributed by atoms with Gasteiger partial charge in [-0.05, 0) is 76.9 Å². The molecule has 0 saturated heterocycles. The summed E-state index contributed by atoms with van der Waals surface area (Å²) < 4.78 is 42.8. The Bertz CT molecular complexity index is 1350. The number of hydrogen-bond acceptors (Lipinski definition) is 6. The molecule has 0 unspecified atom stereocenters. The van der Waals surface area contributed by atoms with Crippen molar-refractivity contribution in [3.05, 3.63) is 70.0 Å². The van der Waals surface area contributed by atoms with Crippen LogP contribution in [0.15, 0.2) is 36.4 Å². The molecule has 3 aromatic rings. The van der Waals surface area contributed by atoms with Crippen molar-refractivity contribution >= 4 is 17.1 Å². The minimum absolute atomic E-state index is 0.0235. The minimum atomic E-state index is -4.20. The number of tetrazole rings is 1. The Kier molecular flexibility index (Phi) is 6.49. The van der Waals surface area contributed by atoms with Crippen molar-refractivity contribution in [3.8, 4) is 5.75 Å². The number of carbonyl (C=O) groups excluding carboxylic acids is 1. The van der Waals surface area contributed by atoms with Crippen molar-refractivity contribution in [2.75, 3.05) is 6.61 Å². The van der Waals surface area contributed by atoms with Crippen molar-refractivity contribution in [3.63, 3.8) is 0 Å². The summed E-state index contributed by atoms with van der Waals surface area (Å²) in [7, 11) is 0. The molecule has 8 nitrogen and oxygen atoms in total. The van der Waals surface area contributed by atoms with Crippen LogP contribution in [0.4, 0.5) is 13.2 Å². The molecular weight excluding hydrogens is 487 g/mol. The third-order valence-corrected chi connectivity index (χ3v) is 7.08. The summed E-state index contributed by atoms with van der Waals surface area (Å²) in [6.07, 6.45) is -3.37. The van der Waals surface area contributed by atoms with E-state index in [1.165, 1.54) is 0 Å². The van der Waals surface area contributed by atoms with Crippen molar-refractivity contribution in [2.45, 2.75) is 57.3 Å². The number of halogens is 3. The first-order chi connectivity index (χ1) is 17.7. The average Bonchev–Trinajstić information content (AvgIpc) is 3.50. The van der Waals surface area contributed by atoms with E-state index in [4.69, 9.17) is 4.74 Å². The van der Waals surface area contributed by atoms with Crippen molar-refractivity contribution < 1.29 is 27.8 Å². The molecule has 1 aromatic heterocycles. The molecule has 2 aliphatic rings. The molecule has 2 aromatic carbocycles. The molecule has 1 aliphatic heterocycles. The summed E-state index contributed by atoms with van der Waals surface area (Å²) in [6.45, 7) is 1.80. The predicted octanol–water partition coefficient (Wildman–Crippen LogP) is 3.99. The van der Waals surface area contributed by atoms with Crippen LogP contribution in [0.25, 0.3) is 11.1 Å². The maximum Gasteiger partial charge on any atom is 0.389 e. The van der Waals surface area contributed by atoms with E-state index in [-0.39, 0.29) is 31.4 Å². The molecule has 0 bridgehead atoms. The SMILES string of the molecule is Cc1cc(C2=C(c3nn[nH]n3)C(=O)N[C@@]3(CCc4cc(OCCCC(F)(F)F)ccc43)C2)ccc1CO. The van der Waals surface area contributed by atoms with Gasteiger partial charge >= 0.3 is 6.18 Å². The van der Waals surface area contributed by atoms with Gasteiger partial charge in [0.25, 0.3) is 5.91 Å². The van der Waals surface area contributed by atoms with E-state index in [9.17, 15) is 23.1 Å². The van der Waals surface area contributed by atoms with E-state index in [1.807, 2.05) is 37.3 Å². The quantitative estimate of drug-likeness (QED) is 0.412. The molecule has 37 heavy (non-hydrogen) atoms. The monoisotopic (exact) mass is 513 g/mol. The van der Waals surface area contributed by atoms with Crippen LogP contribution in [0.1, 0.15) is 59.3 Å². The number of H-pyrrole nitrogens is 1. The normalized spacial score (nSPS) is 19.3. The molecule has 2 heterocycles. The lowest BCUT2D eigenvalue weighted by Crippen LogP contribution is -2.48. The summed E-state index contributed by atoms with van der Waals surface area (Å²) in [5.74, 6) is 0.400. The van der Waals surface area contributed by atoms with Gasteiger partial charge in [-0.3, -0.25) is 4.79 Å². The van der Waals surface area contributed by atoms with Gasteiger partial charge in [0.2, 0.25) is 5.82 Å². The second-order valence-corrected chi connectivity index (χ2v) is 9.49. The zero-order valence-electron chi connectivity index (χ0n) is 20.2. The molecular formula is C26H26F3N5O3. The highest BCUT2D eigenvalue weighted by Crippen LogP contribution is 2.48. The number of rotatable bonds is 7. The third kappa shape index (κ3) is 4.95. The number of aromatic amines is 1. The molecule has 11 heteroatoms. The molecule has 3 N–H and O–H groups in total. The first-order valence-electron chi connectivity index (χ1n) is 12.0. The van der Waals surface area contributed by atoms with Crippen LogP contribution < -0.4 is 10.1 Å². The number of alkyl halides is 3. The maximum absolute atomic E-state index is 13.5. The van der Waals surface area contributed by atoms with Gasteiger partial charge < -0.3 is 15.2 Å². The summed E-state index contributed by atoms with van der Waals surface area (Å²) in [6, 6.07) is 11.1. The highest BCUT2D eigenvalue weighted by Gasteiger charge is 2.46. The number of hydrogen-bond donors (Lipinski definition) is 3. The Morgan fingerprint density at radius 1 is 1.19 bits per heavy atom. The van der Waals surface area contributed by atoms with Crippen molar-refractivity contribution in [1.82, 2.24) is 25.9 Å². The molecule has 1 spiro atoms. The number of ether oxygens (including phenoxy) is 1. The van der Waals surface area contributed by atoms with Gasteiger partial charge in [0, 0.05) is 12.8 Å². The van der Waals surface area contributed by atoms with E-state index in [0.29, 0.717) is 30.6 Å². The molecule has 1 amide bonds. The fraction of sp³-hybridized carbons (Fsp3) is 0.385. The van der Waals surface area contributed by atoms with E-state index >= 15 is 0 Å². The zero-order valence-corrected chi connectivity index (χ0v) is 20.2. The van der Waals surface area contributed by atoms with Gasteiger partial charge in [-0.15, -0.1) is 10.2 Å². The first-order valence-corrected chi connectivity index (χ1v) is 12.0.